The molecule has 8 heteroatoms. The molecule has 2 amide bonds. The van der Waals surface area contributed by atoms with E-state index in [1.54, 1.807) is 16.2 Å². The molecule has 2 aliphatic heterocycles. The predicted octanol–water partition coefficient (Wildman–Crippen LogP) is 1.97. The second-order valence-electron chi connectivity index (χ2n) is 7.81. The summed E-state index contributed by atoms with van der Waals surface area (Å²) in [6.45, 7) is 5.87. The van der Waals surface area contributed by atoms with Crippen LogP contribution in [0.15, 0.2) is 24.3 Å². The number of carbonyl (C=O) groups is 2. The molecule has 0 bridgehead atoms. The molecule has 2 aliphatic rings. The van der Waals surface area contributed by atoms with Gasteiger partial charge < -0.3 is 14.5 Å². The summed E-state index contributed by atoms with van der Waals surface area (Å²) in [6.07, 6.45) is 1.52. The first-order chi connectivity index (χ1) is 14.0. The van der Waals surface area contributed by atoms with Crippen LogP contribution in [0.3, 0.4) is 0 Å². The van der Waals surface area contributed by atoms with Crippen molar-refractivity contribution >= 4 is 33.4 Å². The minimum absolute atomic E-state index is 0.0863. The van der Waals surface area contributed by atoms with Crippen molar-refractivity contribution in [1.82, 2.24) is 19.7 Å². The summed E-state index contributed by atoms with van der Waals surface area (Å²) in [5.41, 5.74) is 0.980. The Kier molecular flexibility index (Phi) is 6.12. The number of carbonyl (C=O) groups excluding carboxylic acids is 2. The molecule has 0 spiro atoms. The molecular weight excluding hydrogens is 388 g/mol. The van der Waals surface area contributed by atoms with Gasteiger partial charge in [-0.1, -0.05) is 12.1 Å². The summed E-state index contributed by atoms with van der Waals surface area (Å²) in [4.78, 5) is 35.9. The summed E-state index contributed by atoms with van der Waals surface area (Å²) >= 11 is 1.63. The molecule has 7 nitrogen and oxygen atoms in total. The van der Waals surface area contributed by atoms with Crippen LogP contribution in [0, 0.1) is 0 Å². The second-order valence-corrected chi connectivity index (χ2v) is 8.92. The normalized spacial score (nSPS) is 21.4. The van der Waals surface area contributed by atoms with Crippen molar-refractivity contribution in [2.45, 2.75) is 38.5 Å². The fraction of sp³-hybridized carbons (Fsp3) is 0.571. The number of hydrogen-bond acceptors (Lipinski definition) is 6. The maximum atomic E-state index is 12.9. The van der Waals surface area contributed by atoms with Gasteiger partial charge in [0.2, 0.25) is 5.91 Å². The first-order valence-electron chi connectivity index (χ1n) is 10.3. The van der Waals surface area contributed by atoms with Gasteiger partial charge in [0.1, 0.15) is 11.1 Å². The van der Waals surface area contributed by atoms with Crippen molar-refractivity contribution < 1.29 is 14.3 Å². The molecule has 1 aromatic carbocycles. The lowest BCUT2D eigenvalue weighted by Gasteiger charge is -2.39. The summed E-state index contributed by atoms with van der Waals surface area (Å²) in [5.74, 6) is 0.192. The second kappa shape index (κ2) is 8.77. The molecule has 2 aromatic rings. The molecule has 29 heavy (non-hydrogen) atoms. The molecule has 1 aromatic heterocycles. The fourth-order valence-electron chi connectivity index (χ4n) is 4.05. The fourth-order valence-corrected chi connectivity index (χ4v) is 5.07. The van der Waals surface area contributed by atoms with Gasteiger partial charge >= 0.3 is 0 Å². The number of para-hydroxylation sites is 1. The minimum Gasteiger partial charge on any atom is -0.368 e. The Balaban J connectivity index is 1.30. The first-order valence-corrected chi connectivity index (χ1v) is 11.1. The number of piperazine rings is 1. The van der Waals surface area contributed by atoms with Gasteiger partial charge in [-0.3, -0.25) is 14.5 Å². The number of hydrogen-bond donors (Lipinski definition) is 0. The van der Waals surface area contributed by atoms with Crippen LogP contribution in [0.5, 0.6) is 0 Å². The van der Waals surface area contributed by atoms with E-state index < -0.39 is 0 Å². The lowest BCUT2D eigenvalue weighted by Crippen LogP contribution is -2.56. The Bertz CT molecular complexity index is 839. The standard InChI is InChI=1S/C21H28N4O3S/c1-15(24-9-11-25(12-10-24)21(27)17-7-5-13-28-17)20(26)23(2)14-19-22-16-6-3-4-8-18(16)29-19/h3-4,6,8,15,17H,5,7,9-14H2,1-2H3. The Morgan fingerprint density at radius 2 is 2.03 bits per heavy atom. The molecule has 2 atom stereocenters. The van der Waals surface area contributed by atoms with Gasteiger partial charge in [-0.25, -0.2) is 4.98 Å². The zero-order chi connectivity index (χ0) is 20.4. The van der Waals surface area contributed by atoms with Crippen LogP contribution in [0.1, 0.15) is 24.8 Å². The summed E-state index contributed by atoms with van der Waals surface area (Å²) in [7, 11) is 1.84. The highest BCUT2D eigenvalue weighted by Gasteiger charge is 2.33. The van der Waals surface area contributed by atoms with Gasteiger partial charge in [0.15, 0.2) is 0 Å². The topological polar surface area (TPSA) is 66.0 Å². The van der Waals surface area contributed by atoms with E-state index in [1.165, 1.54) is 0 Å². The molecule has 4 rings (SSSR count). The van der Waals surface area contributed by atoms with Crippen molar-refractivity contribution in [3.63, 3.8) is 0 Å². The maximum absolute atomic E-state index is 12.9. The largest absolute Gasteiger partial charge is 0.368 e. The summed E-state index contributed by atoms with van der Waals surface area (Å²) < 4.78 is 6.66. The number of ether oxygens (including phenoxy) is 1. The Labute approximate surface area is 175 Å². The van der Waals surface area contributed by atoms with Crippen molar-refractivity contribution in [3.8, 4) is 0 Å². The number of benzene rings is 1. The SMILES string of the molecule is CC(C(=O)N(C)Cc1nc2ccccc2s1)N1CCN(C(=O)C2CCCO2)CC1. The van der Waals surface area contributed by atoms with Crippen LogP contribution < -0.4 is 0 Å². The number of likely N-dealkylation sites (N-methyl/N-ethyl adjacent to an activating group) is 1. The zero-order valence-corrected chi connectivity index (χ0v) is 17.9. The van der Waals surface area contributed by atoms with Crippen LogP contribution in [0.4, 0.5) is 0 Å². The van der Waals surface area contributed by atoms with Crippen LogP contribution in [0.2, 0.25) is 0 Å². The van der Waals surface area contributed by atoms with Crippen molar-refractivity contribution in [2.24, 2.45) is 0 Å². The number of thiazole rings is 1. The van der Waals surface area contributed by atoms with Crippen LogP contribution in [-0.2, 0) is 20.9 Å². The third-order valence-corrected chi connectivity index (χ3v) is 6.84. The van der Waals surface area contributed by atoms with E-state index in [9.17, 15) is 9.59 Å². The summed E-state index contributed by atoms with van der Waals surface area (Å²) in [5, 5.41) is 0.946. The van der Waals surface area contributed by atoms with E-state index in [4.69, 9.17) is 4.74 Å². The number of rotatable bonds is 5. The van der Waals surface area contributed by atoms with E-state index in [1.807, 2.05) is 37.1 Å². The molecular formula is C21H28N4O3S. The lowest BCUT2D eigenvalue weighted by molar-refractivity contribution is -0.144. The molecule has 2 saturated heterocycles. The number of aromatic nitrogens is 1. The van der Waals surface area contributed by atoms with Gasteiger partial charge in [0.05, 0.1) is 22.8 Å². The molecule has 3 heterocycles. The Morgan fingerprint density at radius 3 is 2.72 bits per heavy atom. The van der Waals surface area contributed by atoms with Gasteiger partial charge in [0.25, 0.3) is 5.91 Å². The van der Waals surface area contributed by atoms with Gasteiger partial charge in [-0.05, 0) is 31.9 Å². The molecule has 0 radical (unpaired) electrons. The van der Waals surface area contributed by atoms with E-state index >= 15 is 0 Å². The van der Waals surface area contributed by atoms with E-state index in [-0.39, 0.29) is 24.0 Å². The lowest BCUT2D eigenvalue weighted by atomic mass is 10.1. The highest BCUT2D eigenvalue weighted by atomic mass is 32.1. The average Bonchev–Trinajstić information content (AvgIpc) is 3.41. The van der Waals surface area contributed by atoms with E-state index in [0.29, 0.717) is 39.3 Å². The Hall–Kier alpha value is -2.03. The average molecular weight is 417 g/mol. The highest BCUT2D eigenvalue weighted by molar-refractivity contribution is 7.18. The first kappa shape index (κ1) is 20.3. The highest BCUT2D eigenvalue weighted by Crippen LogP contribution is 2.23. The number of nitrogens with zero attached hydrogens (tertiary/aromatic N) is 4. The molecule has 0 N–H and O–H groups in total. The van der Waals surface area contributed by atoms with Crippen LogP contribution in [0.25, 0.3) is 10.2 Å². The quantitative estimate of drug-likeness (QED) is 0.746. The minimum atomic E-state index is -0.263. The molecule has 2 unspecified atom stereocenters. The number of amides is 2. The van der Waals surface area contributed by atoms with Gasteiger partial charge in [-0.2, -0.15) is 0 Å². The maximum Gasteiger partial charge on any atom is 0.251 e. The third-order valence-electron chi connectivity index (χ3n) is 5.82. The smallest absolute Gasteiger partial charge is 0.251 e. The van der Waals surface area contributed by atoms with Gasteiger partial charge in [-0.15, -0.1) is 11.3 Å². The predicted molar refractivity (Wildman–Crippen MR) is 113 cm³/mol. The molecule has 156 valence electrons. The van der Waals surface area contributed by atoms with Gasteiger partial charge in [0, 0.05) is 39.8 Å². The van der Waals surface area contributed by atoms with Crippen LogP contribution >= 0.6 is 11.3 Å². The van der Waals surface area contributed by atoms with E-state index in [2.05, 4.69) is 16.0 Å². The van der Waals surface area contributed by atoms with Crippen molar-refractivity contribution in [1.29, 1.82) is 0 Å². The third kappa shape index (κ3) is 4.44. The van der Waals surface area contributed by atoms with Crippen LogP contribution in [-0.4, -0.2) is 83.5 Å². The molecule has 0 aliphatic carbocycles. The number of fused-ring (bicyclic) bond motifs is 1. The molecule has 0 saturated carbocycles. The monoisotopic (exact) mass is 416 g/mol. The van der Waals surface area contributed by atoms with Crippen molar-refractivity contribution in [2.75, 3.05) is 39.8 Å². The zero-order valence-electron chi connectivity index (χ0n) is 17.0. The molecule has 2 fully saturated rings. The summed E-state index contributed by atoms with van der Waals surface area (Å²) in [6, 6.07) is 7.82. The van der Waals surface area contributed by atoms with E-state index in [0.717, 1.165) is 28.1 Å². The Morgan fingerprint density at radius 1 is 1.28 bits per heavy atom. The van der Waals surface area contributed by atoms with Crippen molar-refractivity contribution in [3.05, 3.63) is 29.3 Å².